The minimum atomic E-state index is -0.392. The molecule has 0 atom stereocenters. The van der Waals surface area contributed by atoms with Crippen LogP contribution in [0.1, 0.15) is 60.3 Å². The van der Waals surface area contributed by atoms with Crippen LogP contribution in [-0.4, -0.2) is 39.5 Å². The lowest BCUT2D eigenvalue weighted by Crippen LogP contribution is -2.37. The lowest BCUT2D eigenvalue weighted by molar-refractivity contribution is -0.125. The van der Waals surface area contributed by atoms with Gasteiger partial charge in [-0.15, -0.1) is 0 Å². The molecule has 0 radical (unpaired) electrons. The predicted molar refractivity (Wildman–Crippen MR) is 132 cm³/mol. The van der Waals surface area contributed by atoms with E-state index in [9.17, 15) is 14.4 Å². The molecule has 3 rings (SSSR count). The summed E-state index contributed by atoms with van der Waals surface area (Å²) in [5.41, 5.74) is 2.95. The van der Waals surface area contributed by atoms with Gasteiger partial charge in [0.25, 0.3) is 5.56 Å². The first-order valence-corrected chi connectivity index (χ1v) is 11.3. The number of hydrogen-bond donors (Lipinski definition) is 1. The molecule has 6 nitrogen and oxygen atoms in total. The number of aromatic nitrogens is 2. The number of nitrogens with one attached hydrogen (secondary N) is 1. The van der Waals surface area contributed by atoms with Crippen LogP contribution in [0.4, 0.5) is 0 Å². The van der Waals surface area contributed by atoms with Crippen molar-refractivity contribution in [3.05, 3.63) is 93.4 Å². The van der Waals surface area contributed by atoms with Crippen LogP contribution in [-0.2, 0) is 4.79 Å². The molecule has 0 aliphatic rings. The SMILES string of the molecule is CCCN(CC(=O)c1c(C(C)C)[nH]n(-c2ccc(C)cc2)c1=O)C(=O)C=Cc1ccccc1. The van der Waals surface area contributed by atoms with Crippen molar-refractivity contribution in [1.29, 1.82) is 0 Å². The summed E-state index contributed by atoms with van der Waals surface area (Å²) in [7, 11) is 0. The number of benzene rings is 2. The van der Waals surface area contributed by atoms with Crippen LogP contribution in [0.15, 0.2) is 65.5 Å². The number of H-pyrrole nitrogens is 1. The summed E-state index contributed by atoms with van der Waals surface area (Å²) >= 11 is 0. The number of Topliss-reactive ketones (excluding diaryl/α,β-unsaturated/α-hetero) is 1. The van der Waals surface area contributed by atoms with E-state index in [2.05, 4.69) is 5.10 Å². The van der Waals surface area contributed by atoms with Crippen LogP contribution in [0.25, 0.3) is 11.8 Å². The van der Waals surface area contributed by atoms with Crippen molar-refractivity contribution in [2.45, 2.75) is 40.0 Å². The van der Waals surface area contributed by atoms with Gasteiger partial charge in [-0.1, -0.05) is 68.8 Å². The molecule has 1 amide bonds. The van der Waals surface area contributed by atoms with E-state index in [0.29, 0.717) is 24.3 Å². The Hall–Kier alpha value is -3.67. The van der Waals surface area contributed by atoms with Gasteiger partial charge in [-0.3, -0.25) is 19.5 Å². The molecule has 1 N–H and O–H groups in total. The van der Waals surface area contributed by atoms with E-state index in [0.717, 1.165) is 11.1 Å². The number of nitrogens with zero attached hydrogens (tertiary/aromatic N) is 2. The molecule has 1 aromatic heterocycles. The lowest BCUT2D eigenvalue weighted by atomic mass is 10.0. The van der Waals surface area contributed by atoms with Gasteiger partial charge in [0.2, 0.25) is 5.91 Å². The van der Waals surface area contributed by atoms with Crippen LogP contribution in [0, 0.1) is 6.92 Å². The molecule has 0 saturated heterocycles. The van der Waals surface area contributed by atoms with Gasteiger partial charge in [0, 0.05) is 12.6 Å². The molecule has 0 spiro atoms. The first-order valence-electron chi connectivity index (χ1n) is 11.3. The fraction of sp³-hybridized carbons (Fsp3) is 0.296. The van der Waals surface area contributed by atoms with Crippen LogP contribution in [0.3, 0.4) is 0 Å². The molecular formula is C27H31N3O3. The van der Waals surface area contributed by atoms with E-state index in [1.54, 1.807) is 6.08 Å². The van der Waals surface area contributed by atoms with E-state index in [4.69, 9.17) is 0 Å². The summed E-state index contributed by atoms with van der Waals surface area (Å²) in [6.07, 6.45) is 3.91. The van der Waals surface area contributed by atoms with Crippen molar-refractivity contribution in [1.82, 2.24) is 14.7 Å². The largest absolute Gasteiger partial charge is 0.331 e. The van der Waals surface area contributed by atoms with Crippen molar-refractivity contribution >= 4 is 17.8 Å². The van der Waals surface area contributed by atoms with E-state index < -0.39 is 5.56 Å². The average Bonchev–Trinajstić information content (AvgIpc) is 3.16. The normalized spacial score (nSPS) is 11.3. The number of ketones is 1. The third-order valence-corrected chi connectivity index (χ3v) is 5.42. The Morgan fingerprint density at radius 1 is 1.06 bits per heavy atom. The second-order valence-electron chi connectivity index (χ2n) is 8.46. The number of carbonyl (C=O) groups is 2. The average molecular weight is 446 g/mol. The highest BCUT2D eigenvalue weighted by Gasteiger charge is 2.26. The van der Waals surface area contributed by atoms with Gasteiger partial charge in [-0.05, 0) is 43.0 Å². The Labute approximate surface area is 194 Å². The predicted octanol–water partition coefficient (Wildman–Crippen LogP) is 4.73. The maximum atomic E-state index is 13.3. The molecule has 0 aliphatic heterocycles. The monoisotopic (exact) mass is 445 g/mol. The van der Waals surface area contributed by atoms with E-state index in [-0.39, 0.29) is 29.7 Å². The smallest absolute Gasteiger partial charge is 0.282 e. The number of aromatic amines is 1. The Morgan fingerprint density at radius 2 is 1.73 bits per heavy atom. The quantitative estimate of drug-likeness (QED) is 0.382. The first-order chi connectivity index (χ1) is 15.8. The zero-order chi connectivity index (χ0) is 24.0. The number of hydrogen-bond acceptors (Lipinski definition) is 3. The van der Waals surface area contributed by atoms with Gasteiger partial charge in [0.1, 0.15) is 5.56 Å². The van der Waals surface area contributed by atoms with E-state index in [1.165, 1.54) is 15.7 Å². The van der Waals surface area contributed by atoms with Gasteiger partial charge in [-0.25, -0.2) is 4.68 Å². The summed E-state index contributed by atoms with van der Waals surface area (Å²) in [6.45, 7) is 8.06. The molecule has 3 aromatic rings. The number of rotatable bonds is 9. The summed E-state index contributed by atoms with van der Waals surface area (Å²) in [6, 6.07) is 17.0. The summed E-state index contributed by atoms with van der Waals surface area (Å²) < 4.78 is 1.41. The Kier molecular flexibility index (Phi) is 7.83. The fourth-order valence-electron chi connectivity index (χ4n) is 3.64. The Bertz CT molecular complexity index is 1190. The molecule has 0 unspecified atom stereocenters. The first kappa shape index (κ1) is 24.0. The third kappa shape index (κ3) is 5.77. The lowest BCUT2D eigenvalue weighted by Gasteiger charge is -2.19. The van der Waals surface area contributed by atoms with Gasteiger partial charge in [0.15, 0.2) is 5.78 Å². The molecule has 0 aliphatic carbocycles. The maximum Gasteiger partial charge on any atom is 0.282 e. The summed E-state index contributed by atoms with van der Waals surface area (Å²) in [4.78, 5) is 40.9. The number of amides is 1. The number of aryl methyl sites for hydroxylation is 1. The molecule has 1 heterocycles. The topological polar surface area (TPSA) is 75.2 Å². The highest BCUT2D eigenvalue weighted by atomic mass is 16.2. The molecule has 2 aromatic carbocycles. The minimum Gasteiger partial charge on any atom is -0.331 e. The van der Waals surface area contributed by atoms with Crippen molar-refractivity contribution in [3.8, 4) is 5.69 Å². The Balaban J connectivity index is 1.89. The minimum absolute atomic E-state index is 0.0587. The molecule has 0 bridgehead atoms. The van der Waals surface area contributed by atoms with E-state index in [1.807, 2.05) is 82.3 Å². The molecule has 33 heavy (non-hydrogen) atoms. The van der Waals surface area contributed by atoms with Crippen molar-refractivity contribution < 1.29 is 9.59 Å². The molecule has 0 fully saturated rings. The van der Waals surface area contributed by atoms with Gasteiger partial charge < -0.3 is 4.90 Å². The second-order valence-corrected chi connectivity index (χ2v) is 8.46. The van der Waals surface area contributed by atoms with Crippen LogP contribution in [0.2, 0.25) is 0 Å². The molecule has 0 saturated carbocycles. The van der Waals surface area contributed by atoms with Crippen molar-refractivity contribution in [2.24, 2.45) is 0 Å². The zero-order valence-electron chi connectivity index (χ0n) is 19.7. The molecular weight excluding hydrogens is 414 g/mol. The Morgan fingerprint density at radius 3 is 2.33 bits per heavy atom. The fourth-order valence-corrected chi connectivity index (χ4v) is 3.64. The zero-order valence-corrected chi connectivity index (χ0v) is 19.7. The van der Waals surface area contributed by atoms with E-state index >= 15 is 0 Å². The van der Waals surface area contributed by atoms with Gasteiger partial charge in [-0.2, -0.15) is 0 Å². The van der Waals surface area contributed by atoms with Crippen LogP contribution < -0.4 is 5.56 Å². The standard InChI is InChI=1S/C27H31N3O3/c1-5-17-29(24(32)16-13-21-9-7-6-8-10-21)18-23(31)25-26(19(2)3)28-30(27(25)33)22-14-11-20(4)12-15-22/h6-16,19,28H,5,17-18H2,1-4H3. The summed E-state index contributed by atoms with van der Waals surface area (Å²) in [5.74, 6) is -0.674. The van der Waals surface area contributed by atoms with Gasteiger partial charge in [0.05, 0.1) is 17.9 Å². The maximum absolute atomic E-state index is 13.3. The van der Waals surface area contributed by atoms with Crippen LogP contribution >= 0.6 is 0 Å². The number of carbonyl (C=O) groups excluding carboxylic acids is 2. The molecule has 6 heteroatoms. The van der Waals surface area contributed by atoms with Crippen molar-refractivity contribution in [3.63, 3.8) is 0 Å². The summed E-state index contributed by atoms with van der Waals surface area (Å²) in [5, 5.41) is 3.11. The third-order valence-electron chi connectivity index (χ3n) is 5.42. The molecule has 172 valence electrons. The van der Waals surface area contributed by atoms with Gasteiger partial charge >= 0.3 is 0 Å². The highest BCUT2D eigenvalue weighted by molar-refractivity contribution is 6.02. The van der Waals surface area contributed by atoms with Crippen LogP contribution in [0.5, 0.6) is 0 Å². The van der Waals surface area contributed by atoms with Crippen molar-refractivity contribution in [2.75, 3.05) is 13.1 Å². The highest BCUT2D eigenvalue weighted by Crippen LogP contribution is 2.18. The second kappa shape index (κ2) is 10.8.